The minimum atomic E-state index is 0.153. The molecule has 0 saturated heterocycles. The highest BCUT2D eigenvalue weighted by atomic mass is 16.5. The van der Waals surface area contributed by atoms with Crippen molar-refractivity contribution < 1.29 is 4.74 Å². The van der Waals surface area contributed by atoms with Crippen LogP contribution >= 0.6 is 0 Å². The molecule has 90 valence electrons. The molecule has 1 rings (SSSR count). The number of nitrogens with two attached hydrogens (primary N) is 1. The highest BCUT2D eigenvalue weighted by molar-refractivity contribution is 5.14. The minimum absolute atomic E-state index is 0.153. The molecule has 2 unspecified atom stereocenters. The van der Waals surface area contributed by atoms with Crippen LogP contribution in [0.3, 0.4) is 0 Å². The largest absolute Gasteiger partial charge is 0.380 e. The summed E-state index contributed by atoms with van der Waals surface area (Å²) in [6.07, 6.45) is 3.39. The van der Waals surface area contributed by atoms with Crippen LogP contribution in [-0.4, -0.2) is 19.3 Å². The summed E-state index contributed by atoms with van der Waals surface area (Å²) < 4.78 is 5.26. The molecule has 2 atom stereocenters. The van der Waals surface area contributed by atoms with Crippen molar-refractivity contribution >= 4 is 0 Å². The Kier molecular flexibility index (Phi) is 6.08. The Labute approximate surface area is 98.0 Å². The molecular formula is C13H22N2O. The Morgan fingerprint density at radius 2 is 2.00 bits per heavy atom. The Balaban J connectivity index is 2.28. The second kappa shape index (κ2) is 7.39. The number of hydrazine groups is 1. The monoisotopic (exact) mass is 222 g/mol. The summed E-state index contributed by atoms with van der Waals surface area (Å²) in [5, 5.41) is 0. The molecule has 16 heavy (non-hydrogen) atoms. The molecule has 0 fully saturated rings. The summed E-state index contributed by atoms with van der Waals surface area (Å²) in [6.45, 7) is 2.03. The van der Waals surface area contributed by atoms with Crippen molar-refractivity contribution in [1.82, 2.24) is 5.43 Å². The van der Waals surface area contributed by atoms with Gasteiger partial charge in [-0.1, -0.05) is 30.3 Å². The summed E-state index contributed by atoms with van der Waals surface area (Å²) in [4.78, 5) is 0. The molecular weight excluding hydrogens is 200 g/mol. The number of aryl methyl sites for hydroxylation is 1. The zero-order valence-corrected chi connectivity index (χ0v) is 10.1. The van der Waals surface area contributed by atoms with Crippen molar-refractivity contribution in [2.24, 2.45) is 5.84 Å². The third kappa shape index (κ3) is 4.31. The van der Waals surface area contributed by atoms with Crippen LogP contribution in [-0.2, 0) is 11.2 Å². The first-order chi connectivity index (χ1) is 7.77. The molecule has 1 aromatic rings. The summed E-state index contributed by atoms with van der Waals surface area (Å²) in [7, 11) is 1.71. The van der Waals surface area contributed by atoms with Crippen LogP contribution < -0.4 is 11.3 Å². The van der Waals surface area contributed by atoms with E-state index in [2.05, 4.69) is 29.7 Å². The maximum Gasteiger partial charge on any atom is 0.0709 e. The zero-order valence-electron chi connectivity index (χ0n) is 10.1. The third-order valence-corrected chi connectivity index (χ3v) is 2.98. The number of benzene rings is 1. The SMILES string of the molecule is COC(C)C(CCCc1ccccc1)NN. The van der Waals surface area contributed by atoms with E-state index in [-0.39, 0.29) is 12.1 Å². The molecule has 3 N–H and O–H groups in total. The molecule has 0 aliphatic rings. The van der Waals surface area contributed by atoms with E-state index in [4.69, 9.17) is 10.6 Å². The summed E-state index contributed by atoms with van der Waals surface area (Å²) in [5.74, 6) is 5.50. The quantitative estimate of drug-likeness (QED) is 0.547. The number of ether oxygens (including phenoxy) is 1. The summed E-state index contributed by atoms with van der Waals surface area (Å²) in [6, 6.07) is 10.7. The molecule has 1 aromatic carbocycles. The van der Waals surface area contributed by atoms with Crippen LogP contribution in [0, 0.1) is 0 Å². The standard InChI is InChI=1S/C13H22N2O/c1-11(16-2)13(15-14)10-6-9-12-7-4-3-5-8-12/h3-5,7-8,11,13,15H,6,9-10,14H2,1-2H3. The van der Waals surface area contributed by atoms with E-state index in [1.54, 1.807) is 7.11 Å². The van der Waals surface area contributed by atoms with Gasteiger partial charge in [0.25, 0.3) is 0 Å². The number of hydrogen-bond acceptors (Lipinski definition) is 3. The van der Waals surface area contributed by atoms with Crippen LogP contribution in [0.5, 0.6) is 0 Å². The Hall–Kier alpha value is -0.900. The Morgan fingerprint density at radius 3 is 2.56 bits per heavy atom. The van der Waals surface area contributed by atoms with Crippen LogP contribution in [0.2, 0.25) is 0 Å². The lowest BCUT2D eigenvalue weighted by atomic mass is 10.0. The van der Waals surface area contributed by atoms with Gasteiger partial charge in [0.1, 0.15) is 0 Å². The molecule has 0 bridgehead atoms. The van der Waals surface area contributed by atoms with Gasteiger partial charge in [-0.25, -0.2) is 0 Å². The first-order valence-electron chi connectivity index (χ1n) is 5.80. The van der Waals surface area contributed by atoms with Crippen molar-refractivity contribution in [1.29, 1.82) is 0 Å². The van der Waals surface area contributed by atoms with Gasteiger partial charge >= 0.3 is 0 Å². The Bertz CT molecular complexity index is 277. The van der Waals surface area contributed by atoms with Gasteiger partial charge in [0.15, 0.2) is 0 Å². The van der Waals surface area contributed by atoms with Crippen molar-refractivity contribution in [3.8, 4) is 0 Å². The van der Waals surface area contributed by atoms with E-state index in [1.165, 1.54) is 5.56 Å². The van der Waals surface area contributed by atoms with E-state index in [0.717, 1.165) is 19.3 Å². The van der Waals surface area contributed by atoms with Crippen molar-refractivity contribution in [2.75, 3.05) is 7.11 Å². The number of rotatable bonds is 7. The average Bonchev–Trinajstić information content (AvgIpc) is 2.35. The second-order valence-corrected chi connectivity index (χ2v) is 4.09. The fourth-order valence-corrected chi connectivity index (χ4v) is 1.79. The molecule has 0 aliphatic carbocycles. The lowest BCUT2D eigenvalue weighted by Gasteiger charge is -2.21. The summed E-state index contributed by atoms with van der Waals surface area (Å²) >= 11 is 0. The smallest absolute Gasteiger partial charge is 0.0709 e. The molecule has 0 saturated carbocycles. The van der Waals surface area contributed by atoms with Crippen LogP contribution in [0.1, 0.15) is 25.3 Å². The maximum atomic E-state index is 5.50. The first kappa shape index (κ1) is 13.2. The van der Waals surface area contributed by atoms with E-state index < -0.39 is 0 Å². The number of hydrogen-bond donors (Lipinski definition) is 2. The molecule has 0 amide bonds. The highest BCUT2D eigenvalue weighted by Gasteiger charge is 2.14. The fourth-order valence-electron chi connectivity index (χ4n) is 1.79. The van der Waals surface area contributed by atoms with Crippen LogP contribution in [0.25, 0.3) is 0 Å². The Morgan fingerprint density at radius 1 is 1.31 bits per heavy atom. The third-order valence-electron chi connectivity index (χ3n) is 2.98. The molecule has 0 aromatic heterocycles. The van der Waals surface area contributed by atoms with Crippen LogP contribution in [0.4, 0.5) is 0 Å². The van der Waals surface area contributed by atoms with Gasteiger partial charge in [0, 0.05) is 13.2 Å². The van der Waals surface area contributed by atoms with Gasteiger partial charge < -0.3 is 4.74 Å². The number of nitrogens with one attached hydrogen (secondary N) is 1. The topological polar surface area (TPSA) is 47.3 Å². The van der Waals surface area contributed by atoms with Crippen LogP contribution in [0.15, 0.2) is 30.3 Å². The van der Waals surface area contributed by atoms with E-state index in [9.17, 15) is 0 Å². The summed E-state index contributed by atoms with van der Waals surface area (Å²) in [5.41, 5.74) is 4.19. The predicted molar refractivity (Wildman–Crippen MR) is 67.0 cm³/mol. The molecule has 0 heterocycles. The van der Waals surface area contributed by atoms with E-state index in [0.29, 0.717) is 0 Å². The first-order valence-corrected chi connectivity index (χ1v) is 5.80. The normalized spacial score (nSPS) is 14.7. The molecule has 0 spiro atoms. The molecule has 3 nitrogen and oxygen atoms in total. The average molecular weight is 222 g/mol. The lowest BCUT2D eigenvalue weighted by molar-refractivity contribution is 0.0794. The van der Waals surface area contributed by atoms with Gasteiger partial charge in [-0.3, -0.25) is 11.3 Å². The number of methoxy groups -OCH3 is 1. The molecule has 0 radical (unpaired) electrons. The van der Waals surface area contributed by atoms with Crippen molar-refractivity contribution in [3.05, 3.63) is 35.9 Å². The predicted octanol–water partition coefficient (Wildman–Crippen LogP) is 1.88. The highest BCUT2D eigenvalue weighted by Crippen LogP contribution is 2.09. The zero-order chi connectivity index (χ0) is 11.8. The van der Waals surface area contributed by atoms with Gasteiger partial charge in [-0.05, 0) is 31.7 Å². The van der Waals surface area contributed by atoms with Gasteiger partial charge in [-0.2, -0.15) is 0 Å². The van der Waals surface area contributed by atoms with E-state index in [1.807, 2.05) is 13.0 Å². The maximum absolute atomic E-state index is 5.50. The second-order valence-electron chi connectivity index (χ2n) is 4.09. The van der Waals surface area contributed by atoms with Crippen molar-refractivity contribution in [3.63, 3.8) is 0 Å². The van der Waals surface area contributed by atoms with Crippen molar-refractivity contribution in [2.45, 2.75) is 38.3 Å². The molecule has 3 heteroatoms. The fraction of sp³-hybridized carbons (Fsp3) is 0.538. The van der Waals surface area contributed by atoms with E-state index >= 15 is 0 Å². The molecule has 0 aliphatic heterocycles. The van der Waals surface area contributed by atoms with Gasteiger partial charge in [0.05, 0.1) is 6.10 Å². The van der Waals surface area contributed by atoms with Gasteiger partial charge in [0.2, 0.25) is 0 Å². The lowest BCUT2D eigenvalue weighted by Crippen LogP contribution is -2.43. The minimum Gasteiger partial charge on any atom is -0.380 e. The van der Waals surface area contributed by atoms with Gasteiger partial charge in [-0.15, -0.1) is 0 Å².